The lowest BCUT2D eigenvalue weighted by Crippen LogP contribution is -2.37. The molecule has 0 saturated carbocycles. The largest absolute Gasteiger partial charge is 0.490 e. The third kappa shape index (κ3) is 5.71. The van der Waals surface area contributed by atoms with Crippen molar-refractivity contribution in [3.8, 4) is 5.75 Å². The fraction of sp³-hybridized carbons (Fsp3) is 0.591. The van der Waals surface area contributed by atoms with Gasteiger partial charge in [0.15, 0.2) is 11.8 Å². The summed E-state index contributed by atoms with van der Waals surface area (Å²) in [6.45, 7) is 8.57. The van der Waals surface area contributed by atoms with Crippen molar-refractivity contribution < 1.29 is 4.74 Å². The number of fused-ring (bicyclic) bond motifs is 1. The van der Waals surface area contributed by atoms with Crippen LogP contribution in [0.15, 0.2) is 23.2 Å². The number of hydrogen-bond donors (Lipinski definition) is 2. The van der Waals surface area contributed by atoms with Crippen LogP contribution in [0.4, 0.5) is 0 Å². The highest BCUT2D eigenvalue weighted by Crippen LogP contribution is 2.22. The summed E-state index contributed by atoms with van der Waals surface area (Å²) in [5, 5.41) is 15.5. The molecule has 0 fully saturated rings. The summed E-state index contributed by atoms with van der Waals surface area (Å²) in [6.07, 6.45) is 5.84. The standard InChI is InChI=1S/C22H34N6O/c1-5-17(3)29-19-13-16(2)10-11-18(19)14-24-22(23-4)25-15-21-27-26-20-9-7-6-8-12-28(20)21/h10-11,13,17H,5-9,12,14-15H2,1-4H3,(H2,23,24,25). The first-order valence-electron chi connectivity index (χ1n) is 10.7. The Hall–Kier alpha value is -2.57. The van der Waals surface area contributed by atoms with Crippen molar-refractivity contribution in [3.05, 3.63) is 41.0 Å². The lowest BCUT2D eigenvalue weighted by Gasteiger charge is -2.18. The molecule has 7 nitrogen and oxygen atoms in total. The molecule has 1 atom stereocenters. The average molecular weight is 399 g/mol. The van der Waals surface area contributed by atoms with Crippen molar-refractivity contribution >= 4 is 5.96 Å². The molecule has 0 amide bonds. The topological polar surface area (TPSA) is 76.4 Å². The van der Waals surface area contributed by atoms with Crippen LogP contribution in [0.5, 0.6) is 5.75 Å². The molecule has 1 aliphatic heterocycles. The van der Waals surface area contributed by atoms with Crippen LogP contribution in [-0.2, 0) is 26.1 Å². The molecular weight excluding hydrogens is 364 g/mol. The molecule has 2 N–H and O–H groups in total. The number of aryl methyl sites for hydroxylation is 2. The molecule has 29 heavy (non-hydrogen) atoms. The summed E-state index contributed by atoms with van der Waals surface area (Å²) in [6, 6.07) is 6.33. The van der Waals surface area contributed by atoms with Gasteiger partial charge in [0.25, 0.3) is 0 Å². The number of hydrogen-bond acceptors (Lipinski definition) is 4. The Balaban J connectivity index is 1.60. The average Bonchev–Trinajstić information content (AvgIpc) is 2.95. The lowest BCUT2D eigenvalue weighted by atomic mass is 10.1. The van der Waals surface area contributed by atoms with Crippen molar-refractivity contribution in [1.29, 1.82) is 0 Å². The summed E-state index contributed by atoms with van der Waals surface area (Å²) in [7, 11) is 1.78. The molecule has 1 aliphatic rings. The van der Waals surface area contributed by atoms with Crippen LogP contribution in [0.2, 0.25) is 0 Å². The maximum absolute atomic E-state index is 6.11. The first-order valence-corrected chi connectivity index (χ1v) is 10.7. The van der Waals surface area contributed by atoms with Gasteiger partial charge in [-0.3, -0.25) is 4.99 Å². The second kappa shape index (κ2) is 10.3. The molecule has 0 spiro atoms. The van der Waals surface area contributed by atoms with E-state index in [1.54, 1.807) is 7.05 Å². The second-order valence-electron chi connectivity index (χ2n) is 7.72. The maximum atomic E-state index is 6.11. The van der Waals surface area contributed by atoms with E-state index >= 15 is 0 Å². The molecule has 1 aromatic carbocycles. The van der Waals surface area contributed by atoms with E-state index in [-0.39, 0.29) is 6.10 Å². The van der Waals surface area contributed by atoms with Gasteiger partial charge in [-0.2, -0.15) is 0 Å². The smallest absolute Gasteiger partial charge is 0.191 e. The van der Waals surface area contributed by atoms with Crippen molar-refractivity contribution in [1.82, 2.24) is 25.4 Å². The quantitative estimate of drug-likeness (QED) is 0.552. The monoisotopic (exact) mass is 398 g/mol. The molecule has 1 aromatic heterocycles. The molecule has 0 saturated heterocycles. The molecule has 0 bridgehead atoms. The Morgan fingerprint density at radius 2 is 2.03 bits per heavy atom. The Morgan fingerprint density at radius 1 is 1.21 bits per heavy atom. The zero-order valence-electron chi connectivity index (χ0n) is 18.2. The van der Waals surface area contributed by atoms with Gasteiger partial charge in [-0.05, 0) is 44.7 Å². The van der Waals surface area contributed by atoms with Gasteiger partial charge in [-0.25, -0.2) is 0 Å². The zero-order valence-corrected chi connectivity index (χ0v) is 18.2. The van der Waals surface area contributed by atoms with Crippen molar-refractivity contribution in [2.24, 2.45) is 4.99 Å². The molecule has 0 radical (unpaired) electrons. The molecule has 158 valence electrons. The SMILES string of the molecule is CCC(C)Oc1cc(C)ccc1CNC(=NC)NCc1nnc2n1CCCCC2. The van der Waals surface area contributed by atoms with Gasteiger partial charge in [-0.1, -0.05) is 25.5 Å². The normalized spacial score (nSPS) is 15.4. The highest BCUT2D eigenvalue weighted by molar-refractivity contribution is 5.79. The van der Waals surface area contributed by atoms with E-state index in [1.165, 1.54) is 24.8 Å². The van der Waals surface area contributed by atoms with Crippen molar-refractivity contribution in [2.45, 2.75) is 78.6 Å². The third-order valence-electron chi connectivity index (χ3n) is 5.40. The van der Waals surface area contributed by atoms with Crippen LogP contribution in [0.25, 0.3) is 0 Å². The summed E-state index contributed by atoms with van der Waals surface area (Å²) >= 11 is 0. The van der Waals surface area contributed by atoms with E-state index in [0.717, 1.165) is 48.3 Å². The molecule has 3 rings (SSSR count). The van der Waals surface area contributed by atoms with E-state index in [1.807, 2.05) is 0 Å². The fourth-order valence-electron chi connectivity index (χ4n) is 3.46. The van der Waals surface area contributed by atoms with Crippen LogP contribution >= 0.6 is 0 Å². The van der Waals surface area contributed by atoms with Crippen LogP contribution in [0, 0.1) is 6.92 Å². The minimum Gasteiger partial charge on any atom is -0.490 e. The number of rotatable bonds is 7. The van der Waals surface area contributed by atoms with Gasteiger partial charge in [0.1, 0.15) is 11.6 Å². The Labute approximate surface area is 174 Å². The van der Waals surface area contributed by atoms with Gasteiger partial charge >= 0.3 is 0 Å². The molecule has 0 aliphatic carbocycles. The minimum absolute atomic E-state index is 0.191. The van der Waals surface area contributed by atoms with E-state index in [9.17, 15) is 0 Å². The molecule has 7 heteroatoms. The van der Waals surface area contributed by atoms with E-state index in [2.05, 4.69) is 69.4 Å². The number of ether oxygens (including phenoxy) is 1. The first kappa shape index (κ1) is 21.1. The second-order valence-corrected chi connectivity index (χ2v) is 7.72. The molecular formula is C22H34N6O. The van der Waals surface area contributed by atoms with Gasteiger partial charge in [0, 0.05) is 32.1 Å². The number of aliphatic imine (C=N–C) groups is 1. The summed E-state index contributed by atoms with van der Waals surface area (Å²) < 4.78 is 8.37. The Morgan fingerprint density at radius 3 is 2.83 bits per heavy atom. The summed E-state index contributed by atoms with van der Waals surface area (Å²) in [5.74, 6) is 3.76. The third-order valence-corrected chi connectivity index (χ3v) is 5.40. The summed E-state index contributed by atoms with van der Waals surface area (Å²) in [5.41, 5.74) is 2.32. The molecule has 1 unspecified atom stereocenters. The van der Waals surface area contributed by atoms with Crippen LogP contribution in [0.1, 0.15) is 62.3 Å². The summed E-state index contributed by atoms with van der Waals surface area (Å²) in [4.78, 5) is 4.35. The highest BCUT2D eigenvalue weighted by Gasteiger charge is 2.15. The van der Waals surface area contributed by atoms with Crippen LogP contribution < -0.4 is 15.4 Å². The number of aromatic nitrogens is 3. The van der Waals surface area contributed by atoms with Gasteiger partial charge < -0.3 is 19.9 Å². The van der Waals surface area contributed by atoms with Crippen LogP contribution in [0.3, 0.4) is 0 Å². The minimum atomic E-state index is 0.191. The predicted molar refractivity (Wildman–Crippen MR) is 116 cm³/mol. The lowest BCUT2D eigenvalue weighted by molar-refractivity contribution is 0.215. The Kier molecular flexibility index (Phi) is 7.49. The zero-order chi connectivity index (χ0) is 20.6. The van der Waals surface area contributed by atoms with E-state index in [4.69, 9.17) is 4.74 Å². The van der Waals surface area contributed by atoms with Crippen molar-refractivity contribution in [2.75, 3.05) is 7.05 Å². The number of guanidine groups is 1. The fourth-order valence-corrected chi connectivity index (χ4v) is 3.46. The Bertz CT molecular complexity index is 829. The van der Waals surface area contributed by atoms with Gasteiger partial charge in [-0.15, -0.1) is 10.2 Å². The highest BCUT2D eigenvalue weighted by atomic mass is 16.5. The predicted octanol–water partition coefficient (Wildman–Crippen LogP) is 3.36. The number of benzene rings is 1. The first-order chi connectivity index (χ1) is 14.1. The maximum Gasteiger partial charge on any atom is 0.191 e. The van der Waals surface area contributed by atoms with Crippen molar-refractivity contribution in [3.63, 3.8) is 0 Å². The molecule has 2 aromatic rings. The van der Waals surface area contributed by atoms with E-state index < -0.39 is 0 Å². The van der Waals surface area contributed by atoms with Gasteiger partial charge in [0.2, 0.25) is 0 Å². The molecule has 2 heterocycles. The number of nitrogens with zero attached hydrogens (tertiary/aromatic N) is 4. The number of nitrogens with one attached hydrogen (secondary N) is 2. The van der Waals surface area contributed by atoms with Gasteiger partial charge in [0.05, 0.1) is 12.6 Å². The van der Waals surface area contributed by atoms with E-state index in [0.29, 0.717) is 13.1 Å². The van der Waals surface area contributed by atoms with Crippen LogP contribution in [-0.4, -0.2) is 33.9 Å².